The molecule has 1 N–H and O–H groups in total. The molecule has 1 saturated carbocycles. The van der Waals surface area contributed by atoms with Crippen molar-refractivity contribution >= 4 is 69.7 Å². The molecular weight excluding hydrogens is 741 g/mol. The Hall–Kier alpha value is -6.16. The van der Waals surface area contributed by atoms with Crippen molar-refractivity contribution in [2.24, 2.45) is 35.0 Å². The number of rotatable bonds is 8. The van der Waals surface area contributed by atoms with Gasteiger partial charge in [0, 0.05) is 32.1 Å². The first kappa shape index (κ1) is 37.2. The lowest BCUT2D eigenvalue weighted by atomic mass is 9.52. The summed E-state index contributed by atoms with van der Waals surface area (Å²) < 4.78 is 19.4. The molecule has 4 amide bonds. The Morgan fingerprint density at radius 1 is 0.945 bits per heavy atom. The number of hydrogen-bond donors (Lipinski definition) is 1. The van der Waals surface area contributed by atoms with E-state index < -0.39 is 85.7 Å². The number of halogens is 2. The van der Waals surface area contributed by atoms with Gasteiger partial charge >= 0.3 is 11.4 Å². The lowest BCUT2D eigenvalue weighted by Gasteiger charge is -2.47. The number of fused-ring (bicyclic) bond motifs is 4. The predicted octanol–water partition coefficient (Wildman–Crippen LogP) is 6.06. The molecule has 15 nitrogen and oxygen atoms in total. The van der Waals surface area contributed by atoms with Crippen LogP contribution in [0.3, 0.4) is 0 Å². The first-order valence-electron chi connectivity index (χ1n) is 17.1. The monoisotopic (exact) mass is 773 g/mol. The molecule has 2 aliphatic heterocycles. The average molecular weight is 774 g/mol. The fraction of sp³-hybridized carbons (Fsp3) is 0.316. The van der Waals surface area contributed by atoms with Gasteiger partial charge in [-0.05, 0) is 61.6 Å². The number of carbonyl (C=O) groups excluding carboxylic acids is 4. The first-order chi connectivity index (χ1) is 26.0. The number of anilines is 3. The number of allylic oxidation sites excluding steroid dienone is 3. The molecule has 3 fully saturated rings. The predicted molar refractivity (Wildman–Crippen MR) is 197 cm³/mol. The van der Waals surface area contributed by atoms with Crippen LogP contribution >= 0.6 is 11.6 Å². The minimum absolute atomic E-state index is 0.0368. The van der Waals surface area contributed by atoms with E-state index in [-0.39, 0.29) is 46.4 Å². The molecule has 2 saturated heterocycles. The maximum absolute atomic E-state index is 14.6. The minimum Gasteiger partial charge on any atom is -0.504 e. The lowest BCUT2D eigenvalue weighted by molar-refractivity contribution is -0.392. The molecule has 55 heavy (non-hydrogen) atoms. The van der Waals surface area contributed by atoms with Crippen LogP contribution in [0, 0.1) is 61.1 Å². The average Bonchev–Trinajstić information content (AvgIpc) is 3.51. The fourth-order valence-corrected chi connectivity index (χ4v) is 8.98. The Balaban J connectivity index is 1.34. The van der Waals surface area contributed by atoms with E-state index in [0.717, 1.165) is 28.0 Å². The number of phenolic OH excluding ortho intramolecular Hbond substituents is 1. The van der Waals surface area contributed by atoms with Crippen molar-refractivity contribution in [1.29, 1.82) is 0 Å². The molecular formula is C38H33ClFN5O10. The van der Waals surface area contributed by atoms with E-state index in [1.54, 1.807) is 37.3 Å². The summed E-state index contributed by atoms with van der Waals surface area (Å²) in [5.41, 5.74) is -2.19. The molecule has 6 unspecified atom stereocenters. The van der Waals surface area contributed by atoms with E-state index in [9.17, 15) is 48.9 Å². The van der Waals surface area contributed by atoms with E-state index >= 15 is 0 Å². The Morgan fingerprint density at radius 3 is 2.22 bits per heavy atom. The molecule has 2 aliphatic carbocycles. The van der Waals surface area contributed by atoms with Gasteiger partial charge < -0.3 is 14.7 Å². The summed E-state index contributed by atoms with van der Waals surface area (Å²) in [5, 5.41) is 34.1. The van der Waals surface area contributed by atoms with E-state index in [4.69, 9.17) is 16.3 Å². The first-order valence-corrected chi connectivity index (χ1v) is 17.5. The molecule has 0 bridgehead atoms. The molecule has 6 atom stereocenters. The van der Waals surface area contributed by atoms with Crippen LogP contribution in [0.25, 0.3) is 6.08 Å². The van der Waals surface area contributed by atoms with Crippen molar-refractivity contribution < 1.29 is 43.3 Å². The third kappa shape index (κ3) is 5.61. The molecule has 284 valence electrons. The summed E-state index contributed by atoms with van der Waals surface area (Å²) >= 11 is 6.07. The van der Waals surface area contributed by atoms with Crippen molar-refractivity contribution in [3.8, 4) is 11.5 Å². The van der Waals surface area contributed by atoms with E-state index in [2.05, 4.69) is 0 Å². The summed E-state index contributed by atoms with van der Waals surface area (Å²) in [6, 6.07) is 10.0. The molecule has 0 radical (unpaired) electrons. The second kappa shape index (κ2) is 13.3. The van der Waals surface area contributed by atoms with Gasteiger partial charge in [0.05, 0.1) is 56.5 Å². The van der Waals surface area contributed by atoms with Gasteiger partial charge in [0.25, 0.3) is 0 Å². The molecule has 4 aliphatic rings. The largest absolute Gasteiger partial charge is 0.504 e. The highest BCUT2D eigenvalue weighted by atomic mass is 35.5. The highest BCUT2D eigenvalue weighted by Crippen LogP contribution is 2.61. The van der Waals surface area contributed by atoms with Gasteiger partial charge in [-0.1, -0.05) is 41.5 Å². The lowest BCUT2D eigenvalue weighted by Crippen LogP contribution is -2.49. The number of phenols is 1. The number of ether oxygens (including phenoxy) is 1. The van der Waals surface area contributed by atoms with Gasteiger partial charge in [-0.3, -0.25) is 39.4 Å². The maximum atomic E-state index is 14.6. The Morgan fingerprint density at radius 2 is 1.62 bits per heavy atom. The van der Waals surface area contributed by atoms with Crippen LogP contribution in [0.5, 0.6) is 11.5 Å². The second-order valence-electron chi connectivity index (χ2n) is 14.3. The molecule has 0 aromatic heterocycles. The van der Waals surface area contributed by atoms with Crippen LogP contribution in [0.1, 0.15) is 25.3 Å². The van der Waals surface area contributed by atoms with E-state index in [1.165, 1.54) is 44.3 Å². The highest BCUT2D eigenvalue weighted by Gasteiger charge is 2.67. The van der Waals surface area contributed by atoms with Gasteiger partial charge in [-0.15, -0.1) is 0 Å². The minimum atomic E-state index is -1.43. The summed E-state index contributed by atoms with van der Waals surface area (Å²) in [7, 11) is 4.17. The molecule has 3 aromatic rings. The number of nitrogens with zero attached hydrogens (tertiary/aromatic N) is 5. The number of amides is 4. The number of hydrogen-bond acceptors (Lipinski definition) is 11. The van der Waals surface area contributed by atoms with Gasteiger partial charge in [-0.2, -0.15) is 0 Å². The summed E-state index contributed by atoms with van der Waals surface area (Å²) in [5.74, 6) is -8.00. The van der Waals surface area contributed by atoms with Crippen molar-refractivity contribution in [3.05, 3.63) is 103 Å². The molecule has 0 spiro atoms. The van der Waals surface area contributed by atoms with Gasteiger partial charge in [0.15, 0.2) is 17.2 Å². The normalized spacial score (nSPS) is 25.9. The van der Waals surface area contributed by atoms with Crippen LogP contribution < -0.4 is 19.4 Å². The number of nitro groups is 2. The highest BCUT2D eigenvalue weighted by molar-refractivity contribution is 6.32. The zero-order valence-corrected chi connectivity index (χ0v) is 30.5. The Labute approximate surface area is 317 Å². The number of imide groups is 2. The van der Waals surface area contributed by atoms with Gasteiger partial charge in [0.1, 0.15) is 5.82 Å². The smallest absolute Gasteiger partial charge is 0.301 e. The van der Waals surface area contributed by atoms with Crippen molar-refractivity contribution in [1.82, 2.24) is 0 Å². The number of carbonyl (C=O) groups is 4. The van der Waals surface area contributed by atoms with Crippen LogP contribution in [0.2, 0.25) is 5.02 Å². The maximum Gasteiger partial charge on any atom is 0.301 e. The quantitative estimate of drug-likeness (QED) is 0.121. The Bertz CT molecular complexity index is 2280. The fourth-order valence-electron chi connectivity index (χ4n) is 8.80. The topological polar surface area (TPSA) is 194 Å². The molecule has 3 aromatic carbocycles. The standard InChI is InChI=1S/C38H33ClFN5O10/c1-38-24(10-5-18-6-12-30(46)31(13-18)55-4)21-8-9-22-32(23(21)17-25(38)35(48)43(37(38)50)19-7-11-27(40)26(39)14-19)36(49)42(34(22)47)20-15-28(44(51)52)33(41(2)3)29(16-20)45(53)54/h5-8,10-16,22-25,32,46H,9,17H2,1-4H3. The van der Waals surface area contributed by atoms with Crippen molar-refractivity contribution in [2.45, 2.75) is 19.8 Å². The van der Waals surface area contributed by atoms with Crippen LogP contribution in [-0.2, 0) is 19.2 Å². The van der Waals surface area contributed by atoms with Gasteiger partial charge in [0.2, 0.25) is 23.6 Å². The second-order valence-corrected chi connectivity index (χ2v) is 14.8. The molecule has 7 rings (SSSR count). The van der Waals surface area contributed by atoms with Crippen LogP contribution in [0.4, 0.5) is 32.8 Å². The number of methoxy groups -OCH3 is 1. The SMILES string of the molecule is COc1cc(C=CC2C3=CCC4C(=O)N(c5cc([N+](=O)[O-])c(N(C)C)c([N+](=O)[O-])c5)C(=O)C4C3CC3C(=O)N(c4ccc(F)c(Cl)c4)C(=O)C23C)ccc1O. The number of aromatic hydroxyl groups is 1. The summed E-state index contributed by atoms with van der Waals surface area (Å²) in [6.45, 7) is 1.65. The zero-order valence-electron chi connectivity index (χ0n) is 29.8. The summed E-state index contributed by atoms with van der Waals surface area (Å²) in [4.78, 5) is 83.0. The number of nitro benzene ring substituents is 2. The van der Waals surface area contributed by atoms with E-state index in [0.29, 0.717) is 11.1 Å². The third-order valence-corrected chi connectivity index (χ3v) is 11.6. The Kier molecular flexibility index (Phi) is 8.99. The third-order valence-electron chi connectivity index (χ3n) is 11.3. The van der Waals surface area contributed by atoms with Crippen LogP contribution in [0.15, 0.2) is 66.3 Å². The van der Waals surface area contributed by atoms with Crippen molar-refractivity contribution in [3.63, 3.8) is 0 Å². The number of benzene rings is 3. The van der Waals surface area contributed by atoms with Crippen LogP contribution in [-0.4, -0.2) is 59.8 Å². The van der Waals surface area contributed by atoms with Gasteiger partial charge in [-0.25, -0.2) is 14.2 Å². The zero-order chi connectivity index (χ0) is 39.8. The van der Waals surface area contributed by atoms with E-state index in [1.807, 2.05) is 0 Å². The molecule has 17 heteroatoms. The molecule has 2 heterocycles. The van der Waals surface area contributed by atoms with Crippen molar-refractivity contribution in [2.75, 3.05) is 35.9 Å². The summed E-state index contributed by atoms with van der Waals surface area (Å²) in [6.07, 6.45) is 5.20.